The Balaban J connectivity index is 1.96. The first kappa shape index (κ1) is 15.9. The summed E-state index contributed by atoms with van der Waals surface area (Å²) in [5.41, 5.74) is 8.08. The van der Waals surface area contributed by atoms with Crippen LogP contribution in [0.2, 0.25) is 0 Å². The molecule has 3 N–H and O–H groups in total. The summed E-state index contributed by atoms with van der Waals surface area (Å²) < 4.78 is 10.8. The average molecular weight is 338 g/mol. The number of benzene rings is 1. The van der Waals surface area contributed by atoms with Crippen LogP contribution in [0.1, 0.15) is 31.0 Å². The summed E-state index contributed by atoms with van der Waals surface area (Å²) in [6.07, 6.45) is 5.28. The lowest BCUT2D eigenvalue weighted by atomic mass is 9.99. The number of rotatable bonds is 3. The minimum absolute atomic E-state index is 0.254. The summed E-state index contributed by atoms with van der Waals surface area (Å²) in [6.45, 7) is 1.02. The van der Waals surface area contributed by atoms with Crippen molar-refractivity contribution in [3.05, 3.63) is 30.1 Å². The number of nitrogen functional groups attached to an aromatic ring is 1. The SMILES string of the molecule is COc1cc2ncc3c(N)nc(C4CCCCN4)cc3c2cc1OC. The quantitative estimate of drug-likeness (QED) is 0.714. The van der Waals surface area contributed by atoms with Crippen molar-refractivity contribution in [1.82, 2.24) is 15.3 Å². The zero-order valence-electron chi connectivity index (χ0n) is 14.5. The Hall–Kier alpha value is -2.60. The van der Waals surface area contributed by atoms with E-state index in [1.54, 1.807) is 20.4 Å². The number of piperidine rings is 1. The molecule has 0 saturated carbocycles. The number of fused-ring (bicyclic) bond motifs is 3. The summed E-state index contributed by atoms with van der Waals surface area (Å²) in [4.78, 5) is 9.15. The molecule has 0 amide bonds. The van der Waals surface area contributed by atoms with E-state index in [-0.39, 0.29) is 6.04 Å². The van der Waals surface area contributed by atoms with E-state index in [2.05, 4.69) is 21.4 Å². The Labute approximate surface area is 146 Å². The molecule has 0 spiro atoms. The number of anilines is 1. The molecule has 3 heterocycles. The molecular formula is C19H22N4O2. The standard InChI is InChI=1S/C19H22N4O2/c1-24-17-8-12-11-7-16(14-5-3-4-6-21-14)23-19(20)13(11)10-22-15(12)9-18(17)25-2/h7-10,14,21H,3-6H2,1-2H3,(H2,20,23). The fraction of sp³-hybridized carbons (Fsp3) is 0.368. The highest BCUT2D eigenvalue weighted by atomic mass is 16.5. The van der Waals surface area contributed by atoms with Crippen LogP contribution >= 0.6 is 0 Å². The summed E-state index contributed by atoms with van der Waals surface area (Å²) in [5.74, 6) is 1.86. The van der Waals surface area contributed by atoms with E-state index in [9.17, 15) is 0 Å². The third kappa shape index (κ3) is 2.72. The molecule has 130 valence electrons. The molecule has 2 aromatic heterocycles. The zero-order chi connectivity index (χ0) is 17.4. The van der Waals surface area contributed by atoms with Crippen LogP contribution in [0.3, 0.4) is 0 Å². The van der Waals surface area contributed by atoms with Gasteiger partial charge in [-0.2, -0.15) is 0 Å². The van der Waals surface area contributed by atoms with Gasteiger partial charge in [-0.25, -0.2) is 4.98 Å². The second-order valence-corrected chi connectivity index (χ2v) is 6.38. The molecule has 25 heavy (non-hydrogen) atoms. The number of pyridine rings is 2. The van der Waals surface area contributed by atoms with Gasteiger partial charge in [0.2, 0.25) is 0 Å². The number of nitrogens with two attached hydrogens (primary N) is 1. The molecule has 1 aliphatic rings. The van der Waals surface area contributed by atoms with E-state index in [1.807, 2.05) is 12.1 Å². The maximum Gasteiger partial charge on any atom is 0.162 e. The minimum Gasteiger partial charge on any atom is -0.493 e. The van der Waals surface area contributed by atoms with Crippen molar-refractivity contribution < 1.29 is 9.47 Å². The lowest BCUT2D eigenvalue weighted by molar-refractivity contribution is 0.356. The van der Waals surface area contributed by atoms with Crippen LogP contribution in [0.5, 0.6) is 11.5 Å². The van der Waals surface area contributed by atoms with Gasteiger partial charge in [-0.15, -0.1) is 0 Å². The average Bonchev–Trinajstić information content (AvgIpc) is 2.67. The molecule has 1 aromatic carbocycles. The Kier molecular flexibility index (Phi) is 4.05. The van der Waals surface area contributed by atoms with E-state index >= 15 is 0 Å². The van der Waals surface area contributed by atoms with Crippen LogP contribution in [0.25, 0.3) is 21.7 Å². The van der Waals surface area contributed by atoms with E-state index < -0.39 is 0 Å². The third-order valence-corrected chi connectivity index (χ3v) is 4.90. The molecule has 0 aliphatic carbocycles. The molecule has 1 unspecified atom stereocenters. The van der Waals surface area contributed by atoms with Gasteiger partial charge >= 0.3 is 0 Å². The van der Waals surface area contributed by atoms with Gasteiger partial charge in [0.05, 0.1) is 25.4 Å². The lowest BCUT2D eigenvalue weighted by Gasteiger charge is -2.23. The molecule has 1 fully saturated rings. The normalized spacial score (nSPS) is 17.8. The fourth-order valence-corrected chi connectivity index (χ4v) is 3.56. The van der Waals surface area contributed by atoms with Crippen molar-refractivity contribution in [1.29, 1.82) is 0 Å². The van der Waals surface area contributed by atoms with Crippen molar-refractivity contribution in [3.63, 3.8) is 0 Å². The van der Waals surface area contributed by atoms with E-state index in [1.165, 1.54) is 12.8 Å². The first-order chi connectivity index (χ1) is 12.2. The molecule has 6 nitrogen and oxygen atoms in total. The Morgan fingerprint density at radius 2 is 1.84 bits per heavy atom. The third-order valence-electron chi connectivity index (χ3n) is 4.90. The van der Waals surface area contributed by atoms with Crippen molar-refractivity contribution in [2.75, 3.05) is 26.5 Å². The predicted octanol–water partition coefficient (Wildman–Crippen LogP) is 3.20. The molecule has 4 rings (SSSR count). The number of methoxy groups -OCH3 is 2. The van der Waals surface area contributed by atoms with Gasteiger partial charge < -0.3 is 20.5 Å². The summed E-state index contributed by atoms with van der Waals surface area (Å²) in [5, 5.41) is 6.43. The summed E-state index contributed by atoms with van der Waals surface area (Å²) >= 11 is 0. The van der Waals surface area contributed by atoms with Gasteiger partial charge in [0.15, 0.2) is 11.5 Å². The zero-order valence-corrected chi connectivity index (χ0v) is 14.5. The van der Waals surface area contributed by atoms with E-state index in [0.29, 0.717) is 17.3 Å². The van der Waals surface area contributed by atoms with Crippen LogP contribution < -0.4 is 20.5 Å². The molecule has 6 heteroatoms. The summed E-state index contributed by atoms with van der Waals surface area (Å²) in [6, 6.07) is 6.23. The van der Waals surface area contributed by atoms with Crippen molar-refractivity contribution >= 4 is 27.5 Å². The molecule has 1 atom stereocenters. The molecule has 1 aliphatic heterocycles. The van der Waals surface area contributed by atoms with E-state index in [0.717, 1.165) is 40.3 Å². The second-order valence-electron chi connectivity index (χ2n) is 6.38. The summed E-state index contributed by atoms with van der Waals surface area (Å²) in [7, 11) is 3.26. The molecule has 0 radical (unpaired) electrons. The monoisotopic (exact) mass is 338 g/mol. The number of hydrogen-bond donors (Lipinski definition) is 2. The predicted molar refractivity (Wildman–Crippen MR) is 99.2 cm³/mol. The maximum atomic E-state index is 6.25. The Bertz CT molecular complexity index is 936. The molecule has 0 bridgehead atoms. The number of ether oxygens (including phenoxy) is 2. The minimum atomic E-state index is 0.254. The van der Waals surface area contributed by atoms with Gasteiger partial charge in [-0.1, -0.05) is 6.42 Å². The van der Waals surface area contributed by atoms with Crippen molar-refractivity contribution in [2.45, 2.75) is 25.3 Å². The van der Waals surface area contributed by atoms with Crippen molar-refractivity contribution in [3.8, 4) is 11.5 Å². The number of aromatic nitrogens is 2. The topological polar surface area (TPSA) is 82.3 Å². The molecular weight excluding hydrogens is 316 g/mol. The van der Waals surface area contributed by atoms with E-state index in [4.69, 9.17) is 15.2 Å². The number of hydrogen-bond acceptors (Lipinski definition) is 6. The fourth-order valence-electron chi connectivity index (χ4n) is 3.56. The van der Waals surface area contributed by atoms with Gasteiger partial charge in [0, 0.05) is 29.1 Å². The molecule has 3 aromatic rings. The Morgan fingerprint density at radius 1 is 1.04 bits per heavy atom. The molecule has 1 saturated heterocycles. The van der Waals surface area contributed by atoms with Crippen LogP contribution in [0, 0.1) is 0 Å². The largest absolute Gasteiger partial charge is 0.493 e. The van der Waals surface area contributed by atoms with Crippen LogP contribution in [-0.2, 0) is 0 Å². The van der Waals surface area contributed by atoms with Gasteiger partial charge in [0.25, 0.3) is 0 Å². The van der Waals surface area contributed by atoms with Gasteiger partial charge in [-0.3, -0.25) is 4.98 Å². The van der Waals surface area contributed by atoms with Gasteiger partial charge in [-0.05, 0) is 36.9 Å². The first-order valence-electron chi connectivity index (χ1n) is 8.55. The highest BCUT2D eigenvalue weighted by Gasteiger charge is 2.19. The van der Waals surface area contributed by atoms with Crippen LogP contribution in [-0.4, -0.2) is 30.7 Å². The first-order valence-corrected chi connectivity index (χ1v) is 8.55. The van der Waals surface area contributed by atoms with Gasteiger partial charge in [0.1, 0.15) is 5.82 Å². The lowest BCUT2D eigenvalue weighted by Crippen LogP contribution is -2.27. The van der Waals surface area contributed by atoms with Crippen LogP contribution in [0.15, 0.2) is 24.4 Å². The number of nitrogens with one attached hydrogen (secondary N) is 1. The second kappa shape index (κ2) is 6.37. The maximum absolute atomic E-state index is 6.25. The smallest absolute Gasteiger partial charge is 0.162 e. The van der Waals surface area contributed by atoms with Crippen molar-refractivity contribution in [2.24, 2.45) is 0 Å². The van der Waals surface area contributed by atoms with Crippen LogP contribution in [0.4, 0.5) is 5.82 Å². The number of nitrogens with zero attached hydrogens (tertiary/aromatic N) is 2. The highest BCUT2D eigenvalue weighted by Crippen LogP contribution is 2.36. The highest BCUT2D eigenvalue weighted by molar-refractivity contribution is 6.09. The Morgan fingerprint density at radius 3 is 2.56 bits per heavy atom.